The smallest absolute Gasteiger partial charge is 0.00928 e. The van der Waals surface area contributed by atoms with Gasteiger partial charge in [-0.15, -0.1) is 0 Å². The Hall–Kier alpha value is -7.54. The van der Waals surface area contributed by atoms with E-state index in [1.807, 2.05) is 6.08 Å². The van der Waals surface area contributed by atoms with Gasteiger partial charge in [-0.1, -0.05) is 171 Å². The van der Waals surface area contributed by atoms with Crippen LogP contribution in [0.1, 0.15) is 17.5 Å². The molecule has 0 aliphatic heterocycles. The van der Waals surface area contributed by atoms with Crippen molar-refractivity contribution in [2.24, 2.45) is 0 Å². The van der Waals surface area contributed by atoms with Gasteiger partial charge in [-0.25, -0.2) is 0 Å². The average molecular weight is 761 g/mol. The molecule has 0 amide bonds. The quantitative estimate of drug-likeness (QED) is 0.157. The Morgan fingerprint density at radius 3 is 1.15 bits per heavy atom. The van der Waals surface area contributed by atoms with E-state index >= 15 is 0 Å². The molecular weight excluding hydrogens is 721 g/mol. The highest BCUT2D eigenvalue weighted by molar-refractivity contribution is 6.27. The van der Waals surface area contributed by atoms with Crippen LogP contribution in [-0.2, 0) is 6.42 Å². The first-order chi connectivity index (χ1) is 29.6. The predicted octanol–water partition coefficient (Wildman–Crippen LogP) is 15.1. The molecule has 0 heterocycles. The molecule has 11 aromatic rings. The fourth-order valence-electron chi connectivity index (χ4n) is 10.3. The highest BCUT2D eigenvalue weighted by Gasteiger charge is 2.17. The molecule has 0 bridgehead atoms. The second kappa shape index (κ2) is 13.5. The van der Waals surface area contributed by atoms with Crippen molar-refractivity contribution in [3.63, 3.8) is 0 Å². The van der Waals surface area contributed by atoms with Crippen molar-refractivity contribution in [3.8, 4) is 33.4 Å². The van der Waals surface area contributed by atoms with Crippen LogP contribution >= 0.6 is 0 Å². The van der Waals surface area contributed by atoms with Gasteiger partial charge in [0.25, 0.3) is 0 Å². The summed E-state index contributed by atoms with van der Waals surface area (Å²) in [6.45, 7) is 8.64. The minimum Gasteiger partial charge on any atom is -0.0990 e. The molecule has 1 aliphatic rings. The van der Waals surface area contributed by atoms with Gasteiger partial charge in [0.2, 0.25) is 0 Å². The number of benzene rings is 11. The number of allylic oxidation sites excluding steroid dienone is 2. The molecule has 0 spiro atoms. The van der Waals surface area contributed by atoms with Gasteiger partial charge in [-0.05, 0) is 180 Å². The molecule has 0 heteroatoms. The summed E-state index contributed by atoms with van der Waals surface area (Å²) in [5.74, 6) is 0. The minimum absolute atomic E-state index is 1.00. The Kier molecular flexibility index (Phi) is 7.77. The largest absolute Gasteiger partial charge is 0.0990 e. The Morgan fingerprint density at radius 2 is 0.733 bits per heavy atom. The molecule has 12 rings (SSSR count). The van der Waals surface area contributed by atoms with Crippen LogP contribution in [0.15, 0.2) is 189 Å². The Morgan fingerprint density at radius 1 is 0.367 bits per heavy atom. The minimum atomic E-state index is 1.00. The van der Waals surface area contributed by atoms with Gasteiger partial charge in [-0.3, -0.25) is 0 Å². The topological polar surface area (TPSA) is 0 Å². The molecule has 60 heavy (non-hydrogen) atoms. The highest BCUT2D eigenvalue weighted by atomic mass is 14.2. The summed E-state index contributed by atoms with van der Waals surface area (Å²) < 4.78 is 0. The van der Waals surface area contributed by atoms with Crippen LogP contribution in [0.4, 0.5) is 0 Å². The highest BCUT2D eigenvalue weighted by Crippen LogP contribution is 2.42. The average Bonchev–Trinajstić information content (AvgIpc) is 3.32. The second-order valence-electron chi connectivity index (χ2n) is 16.4. The number of fused-ring (bicyclic) bond motifs is 15. The monoisotopic (exact) mass is 760 g/mol. The van der Waals surface area contributed by atoms with E-state index < -0.39 is 0 Å². The van der Waals surface area contributed by atoms with Crippen LogP contribution in [0.3, 0.4) is 0 Å². The fourth-order valence-corrected chi connectivity index (χ4v) is 10.3. The first-order valence-corrected chi connectivity index (χ1v) is 21.0. The summed E-state index contributed by atoms with van der Waals surface area (Å²) in [5.41, 5.74) is 9.82. The fraction of sp³-hybridized carbons (Fsp3) is 0.0333. The van der Waals surface area contributed by atoms with E-state index in [1.54, 1.807) is 0 Å². The van der Waals surface area contributed by atoms with E-state index in [0.29, 0.717) is 0 Å². The van der Waals surface area contributed by atoms with Crippen LogP contribution < -0.4 is 10.4 Å². The van der Waals surface area contributed by atoms with Crippen molar-refractivity contribution >= 4 is 94.1 Å². The first-order valence-electron chi connectivity index (χ1n) is 21.0. The molecule has 0 saturated heterocycles. The Bertz CT molecular complexity index is 3560. The van der Waals surface area contributed by atoms with Crippen LogP contribution in [0, 0.1) is 0 Å². The van der Waals surface area contributed by atoms with Gasteiger partial charge in [0.15, 0.2) is 0 Å². The second-order valence-corrected chi connectivity index (χ2v) is 16.4. The van der Waals surface area contributed by atoms with E-state index in [9.17, 15) is 0 Å². The molecule has 280 valence electrons. The van der Waals surface area contributed by atoms with Crippen molar-refractivity contribution in [2.75, 3.05) is 0 Å². The summed E-state index contributed by atoms with van der Waals surface area (Å²) in [6, 6.07) is 63.7. The summed E-state index contributed by atoms with van der Waals surface area (Å²) in [7, 11) is 0. The molecule has 0 aromatic heterocycles. The van der Waals surface area contributed by atoms with Gasteiger partial charge >= 0.3 is 0 Å². The maximum Gasteiger partial charge on any atom is -0.00928 e. The molecule has 0 unspecified atom stereocenters. The van der Waals surface area contributed by atoms with Gasteiger partial charge in [0, 0.05) is 0 Å². The molecule has 0 radical (unpaired) electrons. The maximum atomic E-state index is 4.57. The summed E-state index contributed by atoms with van der Waals surface area (Å²) >= 11 is 0. The predicted molar refractivity (Wildman–Crippen MR) is 262 cm³/mol. The van der Waals surface area contributed by atoms with Crippen LogP contribution in [0.25, 0.3) is 128 Å². The zero-order valence-electron chi connectivity index (χ0n) is 33.3. The van der Waals surface area contributed by atoms with E-state index in [4.69, 9.17) is 0 Å². The molecule has 0 nitrogen and oxygen atoms in total. The van der Waals surface area contributed by atoms with Gasteiger partial charge in [-0.2, -0.15) is 0 Å². The molecule has 0 atom stereocenters. The van der Waals surface area contributed by atoms with Crippen molar-refractivity contribution in [2.45, 2.75) is 12.8 Å². The van der Waals surface area contributed by atoms with E-state index in [2.05, 4.69) is 201 Å². The van der Waals surface area contributed by atoms with Crippen LogP contribution in [-0.4, -0.2) is 0 Å². The lowest BCUT2D eigenvalue weighted by Crippen LogP contribution is -2.30. The van der Waals surface area contributed by atoms with Crippen molar-refractivity contribution < 1.29 is 0 Å². The maximum absolute atomic E-state index is 4.57. The molecule has 11 aromatic carbocycles. The van der Waals surface area contributed by atoms with Crippen molar-refractivity contribution in [1.29, 1.82) is 0 Å². The lowest BCUT2D eigenvalue weighted by atomic mass is 9.86. The zero-order chi connectivity index (χ0) is 39.9. The number of rotatable bonds is 4. The summed E-state index contributed by atoms with van der Waals surface area (Å²) in [6.07, 6.45) is 10.7. The standard InChI is InChI=1S/C60H40/c1-3-14-44-37(2)45-15-4-5-16-46(45)58-34-38(25-28-55(44)58)41-31-42(39-26-29-56-51-21-8-6-17-47(51)49-19-10-12-23-53(49)59(56)35-39)33-43(32-41)40-27-30-57-52-22-9-7-18-48(52)50-20-11-13-24-54(50)60(57)36-40/h3,5-14,16-36H,1-2,4,15H2/b44-14+. The Balaban J connectivity index is 1.13. The molecule has 1 aliphatic carbocycles. The first kappa shape index (κ1) is 34.5. The lowest BCUT2D eigenvalue weighted by molar-refractivity contribution is 0.978. The van der Waals surface area contributed by atoms with Crippen LogP contribution in [0.5, 0.6) is 0 Å². The van der Waals surface area contributed by atoms with Gasteiger partial charge in [0.05, 0.1) is 0 Å². The third-order valence-electron chi connectivity index (χ3n) is 13.2. The van der Waals surface area contributed by atoms with Gasteiger partial charge in [0.1, 0.15) is 0 Å². The van der Waals surface area contributed by atoms with Crippen molar-refractivity contribution in [3.05, 3.63) is 210 Å². The van der Waals surface area contributed by atoms with E-state index in [-0.39, 0.29) is 0 Å². The third-order valence-corrected chi connectivity index (χ3v) is 13.2. The van der Waals surface area contributed by atoms with E-state index in [0.717, 1.165) is 18.1 Å². The molecule has 0 saturated carbocycles. The lowest BCUT2D eigenvalue weighted by Gasteiger charge is -2.18. The number of hydrogen-bond acceptors (Lipinski definition) is 0. The molecule has 0 N–H and O–H groups in total. The van der Waals surface area contributed by atoms with E-state index in [1.165, 1.54) is 125 Å². The Labute approximate surface area is 349 Å². The van der Waals surface area contributed by atoms with Crippen molar-refractivity contribution in [1.82, 2.24) is 0 Å². The summed E-state index contributed by atoms with van der Waals surface area (Å²) in [4.78, 5) is 0. The molecule has 0 fully saturated rings. The van der Waals surface area contributed by atoms with Crippen LogP contribution in [0.2, 0.25) is 0 Å². The van der Waals surface area contributed by atoms with Gasteiger partial charge < -0.3 is 0 Å². The summed E-state index contributed by atoms with van der Waals surface area (Å²) in [5, 5.41) is 20.2. The zero-order valence-corrected chi connectivity index (χ0v) is 33.3. The number of hydrogen-bond donors (Lipinski definition) is 0. The normalized spacial score (nSPS) is 13.0. The third kappa shape index (κ3) is 5.24. The SMILES string of the molecule is C=C/C=c1\c(=C)c2c(c3cc(-c4cc(-c5ccc6c7ccccc7c7ccccc7c6c5)cc(-c5ccc6c7ccccc7c7ccccc7c6c5)c4)ccc13)C=CCC2. The molecular formula is C60H40.